The number of nitrogens with zero attached hydrogens (tertiary/aromatic N) is 1. The highest BCUT2D eigenvalue weighted by atomic mass is 35.5. The monoisotopic (exact) mass is 260 g/mol. The molecule has 88 valence electrons. The van der Waals surface area contributed by atoms with Crippen LogP contribution in [0.5, 0.6) is 0 Å². The first-order valence-corrected chi connectivity index (χ1v) is 6.75. The molecular weight excluding hydrogens is 248 g/mol. The number of nitrogens with one attached hydrogen (secondary N) is 1. The molecule has 0 aliphatic carbocycles. The van der Waals surface area contributed by atoms with Gasteiger partial charge in [0.1, 0.15) is 5.15 Å². The number of amides is 1. The Bertz CT molecular complexity index is 398. The van der Waals surface area contributed by atoms with Gasteiger partial charge < -0.3 is 5.32 Å². The fourth-order valence-corrected chi connectivity index (χ4v) is 1.90. The molecule has 16 heavy (non-hydrogen) atoms. The van der Waals surface area contributed by atoms with Crippen LogP contribution in [0.3, 0.4) is 0 Å². The Labute approximate surface area is 102 Å². The second-order valence-corrected chi connectivity index (χ2v) is 5.25. The fraction of sp³-hybridized carbons (Fsp3) is 0.400. The van der Waals surface area contributed by atoms with Crippen molar-refractivity contribution in [2.75, 3.05) is 18.1 Å². The SMILES string of the molecule is CCS(=O)CCNC(=O)c1cccnc1Cl. The molecule has 1 heterocycles. The van der Waals surface area contributed by atoms with Crippen molar-refractivity contribution in [3.8, 4) is 0 Å². The van der Waals surface area contributed by atoms with Gasteiger partial charge in [0, 0.05) is 35.0 Å². The van der Waals surface area contributed by atoms with Crippen molar-refractivity contribution < 1.29 is 9.00 Å². The second kappa shape index (κ2) is 6.60. The third-order valence-electron chi connectivity index (χ3n) is 1.94. The van der Waals surface area contributed by atoms with E-state index in [0.29, 0.717) is 23.6 Å². The lowest BCUT2D eigenvalue weighted by atomic mass is 10.3. The van der Waals surface area contributed by atoms with Gasteiger partial charge in [-0.2, -0.15) is 0 Å². The summed E-state index contributed by atoms with van der Waals surface area (Å²) in [5, 5.41) is 2.83. The van der Waals surface area contributed by atoms with Crippen molar-refractivity contribution >= 4 is 28.3 Å². The molecule has 0 aromatic carbocycles. The Morgan fingerprint density at radius 3 is 3.00 bits per heavy atom. The van der Waals surface area contributed by atoms with E-state index >= 15 is 0 Å². The number of halogens is 1. The Kier molecular flexibility index (Phi) is 5.42. The third kappa shape index (κ3) is 3.90. The molecule has 1 aromatic heterocycles. The van der Waals surface area contributed by atoms with Gasteiger partial charge in [0.15, 0.2) is 0 Å². The second-order valence-electron chi connectivity index (χ2n) is 3.03. The molecule has 4 nitrogen and oxygen atoms in total. The van der Waals surface area contributed by atoms with Crippen LogP contribution in [0.4, 0.5) is 0 Å². The lowest BCUT2D eigenvalue weighted by Crippen LogP contribution is -2.28. The Balaban J connectivity index is 2.47. The smallest absolute Gasteiger partial charge is 0.254 e. The predicted molar refractivity (Wildman–Crippen MR) is 65.1 cm³/mol. The van der Waals surface area contributed by atoms with Gasteiger partial charge in [-0.15, -0.1) is 0 Å². The van der Waals surface area contributed by atoms with Crippen LogP contribution in [0.25, 0.3) is 0 Å². The summed E-state index contributed by atoms with van der Waals surface area (Å²) >= 11 is 5.76. The minimum Gasteiger partial charge on any atom is -0.351 e. The molecule has 0 fully saturated rings. The molecule has 0 spiro atoms. The molecule has 1 N–H and O–H groups in total. The van der Waals surface area contributed by atoms with Crippen molar-refractivity contribution in [2.45, 2.75) is 6.92 Å². The van der Waals surface area contributed by atoms with Crippen LogP contribution in [0, 0.1) is 0 Å². The van der Waals surface area contributed by atoms with Crippen LogP contribution >= 0.6 is 11.6 Å². The minimum absolute atomic E-state index is 0.177. The average Bonchev–Trinajstić information content (AvgIpc) is 2.29. The van der Waals surface area contributed by atoms with E-state index < -0.39 is 10.8 Å². The molecule has 1 amide bonds. The highest BCUT2D eigenvalue weighted by molar-refractivity contribution is 7.84. The molecule has 1 atom stereocenters. The molecule has 6 heteroatoms. The summed E-state index contributed by atoms with van der Waals surface area (Å²) in [4.78, 5) is 15.4. The molecule has 1 aromatic rings. The molecule has 0 saturated carbocycles. The standard InChI is InChI=1S/C10H13ClN2O2S/c1-2-16(15)7-6-13-10(14)8-4-3-5-12-9(8)11/h3-5H,2,6-7H2,1H3,(H,13,14). The van der Waals surface area contributed by atoms with Crippen molar-refractivity contribution in [3.05, 3.63) is 29.0 Å². The zero-order chi connectivity index (χ0) is 12.0. The van der Waals surface area contributed by atoms with E-state index in [-0.39, 0.29) is 11.1 Å². The van der Waals surface area contributed by atoms with Crippen LogP contribution in [0.2, 0.25) is 5.15 Å². The van der Waals surface area contributed by atoms with Gasteiger partial charge >= 0.3 is 0 Å². The number of carbonyl (C=O) groups excluding carboxylic acids is 1. The maximum absolute atomic E-state index is 11.6. The van der Waals surface area contributed by atoms with Crippen molar-refractivity contribution in [2.24, 2.45) is 0 Å². The number of carbonyl (C=O) groups is 1. The normalized spacial score (nSPS) is 12.1. The summed E-state index contributed by atoms with van der Waals surface area (Å²) in [5.74, 6) is 0.773. The summed E-state index contributed by atoms with van der Waals surface area (Å²) in [6, 6.07) is 3.24. The molecule has 0 saturated heterocycles. The minimum atomic E-state index is -0.868. The predicted octanol–water partition coefficient (Wildman–Crippen LogP) is 1.23. The molecule has 1 unspecified atom stereocenters. The average molecular weight is 261 g/mol. The fourth-order valence-electron chi connectivity index (χ4n) is 1.07. The molecule has 1 rings (SSSR count). The Hall–Kier alpha value is -0.940. The number of hydrogen-bond acceptors (Lipinski definition) is 3. The van der Waals surface area contributed by atoms with E-state index in [1.54, 1.807) is 12.1 Å². The van der Waals surface area contributed by atoms with E-state index in [9.17, 15) is 9.00 Å². The lowest BCUT2D eigenvalue weighted by Gasteiger charge is -2.05. The van der Waals surface area contributed by atoms with E-state index in [2.05, 4.69) is 10.3 Å². The van der Waals surface area contributed by atoms with Gasteiger partial charge in [0.2, 0.25) is 0 Å². The van der Waals surface area contributed by atoms with Gasteiger partial charge in [0.25, 0.3) is 5.91 Å². The molecular formula is C10H13ClN2O2S. The van der Waals surface area contributed by atoms with Crippen molar-refractivity contribution in [1.29, 1.82) is 0 Å². The van der Waals surface area contributed by atoms with Gasteiger partial charge in [-0.3, -0.25) is 9.00 Å². The van der Waals surface area contributed by atoms with Crippen LogP contribution in [-0.4, -0.2) is 33.2 Å². The molecule has 0 bridgehead atoms. The maximum Gasteiger partial charge on any atom is 0.254 e. The zero-order valence-electron chi connectivity index (χ0n) is 8.90. The summed E-state index contributed by atoms with van der Waals surface area (Å²) in [5.41, 5.74) is 0.339. The highest BCUT2D eigenvalue weighted by Gasteiger charge is 2.09. The van der Waals surface area contributed by atoms with Crippen LogP contribution in [0.1, 0.15) is 17.3 Å². The van der Waals surface area contributed by atoms with E-state index in [1.165, 1.54) is 6.20 Å². The van der Waals surface area contributed by atoms with E-state index in [1.807, 2.05) is 6.92 Å². The molecule has 0 aliphatic heterocycles. The van der Waals surface area contributed by atoms with Gasteiger partial charge in [-0.25, -0.2) is 4.98 Å². The summed E-state index contributed by atoms with van der Waals surface area (Å²) in [6.07, 6.45) is 1.52. The van der Waals surface area contributed by atoms with Gasteiger partial charge in [0.05, 0.1) is 5.56 Å². The zero-order valence-corrected chi connectivity index (χ0v) is 10.5. The summed E-state index contributed by atoms with van der Waals surface area (Å²) in [7, 11) is -0.868. The highest BCUT2D eigenvalue weighted by Crippen LogP contribution is 2.10. The quantitative estimate of drug-likeness (QED) is 0.811. The summed E-state index contributed by atoms with van der Waals surface area (Å²) in [6.45, 7) is 2.22. The van der Waals surface area contributed by atoms with Gasteiger partial charge in [-0.05, 0) is 12.1 Å². The van der Waals surface area contributed by atoms with E-state index in [4.69, 9.17) is 11.6 Å². The molecule has 0 radical (unpaired) electrons. The number of aromatic nitrogens is 1. The van der Waals surface area contributed by atoms with Crippen LogP contribution in [0.15, 0.2) is 18.3 Å². The topological polar surface area (TPSA) is 59.1 Å². The first-order chi connectivity index (χ1) is 7.65. The molecule has 0 aliphatic rings. The first kappa shape index (κ1) is 13.1. The van der Waals surface area contributed by atoms with Gasteiger partial charge in [-0.1, -0.05) is 18.5 Å². The lowest BCUT2D eigenvalue weighted by molar-refractivity contribution is 0.0956. The largest absolute Gasteiger partial charge is 0.351 e. The third-order valence-corrected chi connectivity index (χ3v) is 3.55. The number of hydrogen-bond donors (Lipinski definition) is 1. The summed E-state index contributed by atoms with van der Waals surface area (Å²) < 4.78 is 11.1. The Morgan fingerprint density at radius 1 is 1.62 bits per heavy atom. The number of pyridine rings is 1. The van der Waals surface area contributed by atoms with Crippen molar-refractivity contribution in [1.82, 2.24) is 10.3 Å². The van der Waals surface area contributed by atoms with Crippen LogP contribution in [-0.2, 0) is 10.8 Å². The van der Waals surface area contributed by atoms with E-state index in [0.717, 1.165) is 0 Å². The number of rotatable bonds is 5. The first-order valence-electron chi connectivity index (χ1n) is 4.88. The van der Waals surface area contributed by atoms with Crippen molar-refractivity contribution in [3.63, 3.8) is 0 Å². The maximum atomic E-state index is 11.6. The Morgan fingerprint density at radius 2 is 2.38 bits per heavy atom. The van der Waals surface area contributed by atoms with Crippen LogP contribution < -0.4 is 5.32 Å².